The number of hydrogen-bond donors (Lipinski definition) is 1. The van der Waals surface area contributed by atoms with E-state index in [1.807, 2.05) is 24.3 Å². The zero-order valence-electron chi connectivity index (χ0n) is 14.5. The van der Waals surface area contributed by atoms with Crippen molar-refractivity contribution in [2.75, 3.05) is 20.2 Å². The average Bonchev–Trinajstić information content (AvgIpc) is 2.66. The molecule has 2 bridgehead atoms. The number of fused-ring (bicyclic) bond motifs is 4. The second kappa shape index (κ2) is 6.34. The fourth-order valence-electron chi connectivity index (χ4n) is 4.71. The minimum absolute atomic E-state index is 0.225. The molecule has 4 unspecified atom stereocenters. The van der Waals surface area contributed by atoms with E-state index in [0.717, 1.165) is 53.6 Å². The molecule has 24 heavy (non-hydrogen) atoms. The van der Waals surface area contributed by atoms with Crippen LogP contribution in [0, 0.1) is 11.8 Å². The van der Waals surface area contributed by atoms with Crippen molar-refractivity contribution in [3.63, 3.8) is 0 Å². The Labute approximate surface area is 143 Å². The van der Waals surface area contributed by atoms with Gasteiger partial charge in [-0.1, -0.05) is 13.3 Å². The molecule has 3 aliphatic heterocycles. The standard InChI is InChI=1S/C20H26N2O2/c1-3-13-12-22-9-7-14(13)10-19(22)20(23)16-6-8-21-18-5-4-15(24-2)11-17(16)18/h4-6,8,11,13-14,19-20,23H,3,7,9-10,12H2,1-2H3/t13-,14?,19?,20?/m0/s1. The first-order valence-electron chi connectivity index (χ1n) is 9.06. The summed E-state index contributed by atoms with van der Waals surface area (Å²) in [5.41, 5.74) is 1.89. The van der Waals surface area contributed by atoms with E-state index in [2.05, 4.69) is 16.8 Å². The summed E-state index contributed by atoms with van der Waals surface area (Å²) in [6.07, 6.45) is 4.97. The molecule has 1 aromatic heterocycles. The van der Waals surface area contributed by atoms with E-state index in [4.69, 9.17) is 4.74 Å². The highest BCUT2D eigenvalue weighted by molar-refractivity contribution is 5.83. The van der Waals surface area contributed by atoms with Gasteiger partial charge in [0.2, 0.25) is 0 Å². The fraction of sp³-hybridized carbons (Fsp3) is 0.550. The summed E-state index contributed by atoms with van der Waals surface area (Å²) in [5, 5.41) is 12.2. The second-order valence-electron chi connectivity index (χ2n) is 7.24. The molecule has 4 nitrogen and oxygen atoms in total. The SMILES string of the molecule is CC[C@H]1CN2CCC1CC2C(O)c1ccnc2ccc(OC)cc12. The summed E-state index contributed by atoms with van der Waals surface area (Å²) in [6.45, 7) is 4.55. The Hall–Kier alpha value is -1.65. The van der Waals surface area contributed by atoms with E-state index in [1.165, 1.54) is 12.8 Å². The van der Waals surface area contributed by atoms with Crippen LogP contribution in [0.2, 0.25) is 0 Å². The van der Waals surface area contributed by atoms with Gasteiger partial charge in [0.05, 0.1) is 18.7 Å². The minimum atomic E-state index is -0.469. The van der Waals surface area contributed by atoms with Gasteiger partial charge in [0.15, 0.2) is 0 Å². The molecule has 0 aliphatic carbocycles. The molecule has 4 heterocycles. The van der Waals surface area contributed by atoms with Crippen LogP contribution < -0.4 is 4.74 Å². The van der Waals surface area contributed by atoms with Crippen molar-refractivity contribution in [3.8, 4) is 5.75 Å². The topological polar surface area (TPSA) is 45.6 Å². The Morgan fingerprint density at radius 1 is 1.38 bits per heavy atom. The molecule has 4 heteroatoms. The maximum absolute atomic E-state index is 11.2. The van der Waals surface area contributed by atoms with Gasteiger partial charge in [0, 0.05) is 24.2 Å². The van der Waals surface area contributed by atoms with Crippen LogP contribution in [0.5, 0.6) is 5.75 Å². The van der Waals surface area contributed by atoms with E-state index in [-0.39, 0.29) is 6.04 Å². The largest absolute Gasteiger partial charge is 0.497 e. The maximum atomic E-state index is 11.2. The highest BCUT2D eigenvalue weighted by Gasteiger charge is 2.42. The summed E-state index contributed by atoms with van der Waals surface area (Å²) in [6, 6.07) is 8.07. The number of pyridine rings is 1. The first-order chi connectivity index (χ1) is 11.7. The van der Waals surface area contributed by atoms with Gasteiger partial charge in [0.25, 0.3) is 0 Å². The number of benzene rings is 1. The van der Waals surface area contributed by atoms with Gasteiger partial charge in [0.1, 0.15) is 5.75 Å². The number of methoxy groups -OCH3 is 1. The zero-order chi connectivity index (χ0) is 16.7. The number of piperidine rings is 3. The summed E-state index contributed by atoms with van der Waals surface area (Å²) in [4.78, 5) is 6.94. The summed E-state index contributed by atoms with van der Waals surface area (Å²) >= 11 is 0. The third-order valence-corrected chi connectivity index (χ3v) is 6.13. The third-order valence-electron chi connectivity index (χ3n) is 6.13. The highest BCUT2D eigenvalue weighted by atomic mass is 16.5. The van der Waals surface area contributed by atoms with Gasteiger partial charge in [-0.15, -0.1) is 0 Å². The van der Waals surface area contributed by atoms with E-state index < -0.39 is 6.10 Å². The molecule has 1 N–H and O–H groups in total. The summed E-state index contributed by atoms with van der Waals surface area (Å²) < 4.78 is 5.36. The van der Waals surface area contributed by atoms with Crippen LogP contribution in [0.1, 0.15) is 37.9 Å². The van der Waals surface area contributed by atoms with Crippen molar-refractivity contribution in [2.24, 2.45) is 11.8 Å². The molecular formula is C20H26N2O2. The van der Waals surface area contributed by atoms with Gasteiger partial charge in [-0.05, 0) is 61.1 Å². The molecule has 1 aromatic carbocycles. The first-order valence-corrected chi connectivity index (χ1v) is 9.06. The molecule has 3 aliphatic rings. The van der Waals surface area contributed by atoms with E-state index in [9.17, 15) is 5.11 Å². The molecule has 0 amide bonds. The Kier molecular flexibility index (Phi) is 4.19. The molecular weight excluding hydrogens is 300 g/mol. The van der Waals surface area contributed by atoms with Crippen molar-refractivity contribution in [2.45, 2.75) is 38.3 Å². The molecule has 5 rings (SSSR count). The van der Waals surface area contributed by atoms with Crippen LogP contribution in [0.25, 0.3) is 10.9 Å². The lowest BCUT2D eigenvalue weighted by Gasteiger charge is -2.51. The van der Waals surface area contributed by atoms with Crippen LogP contribution in [0.4, 0.5) is 0 Å². The molecule has 3 saturated heterocycles. The van der Waals surface area contributed by atoms with Crippen LogP contribution in [0.3, 0.4) is 0 Å². The van der Waals surface area contributed by atoms with Gasteiger partial charge in [-0.3, -0.25) is 9.88 Å². The van der Waals surface area contributed by atoms with Gasteiger partial charge in [-0.25, -0.2) is 0 Å². The number of ether oxygens (including phenoxy) is 1. The Morgan fingerprint density at radius 3 is 2.96 bits per heavy atom. The van der Waals surface area contributed by atoms with Gasteiger partial charge < -0.3 is 9.84 Å². The minimum Gasteiger partial charge on any atom is -0.497 e. The maximum Gasteiger partial charge on any atom is 0.119 e. The summed E-state index contributed by atoms with van der Waals surface area (Å²) in [5.74, 6) is 2.37. The monoisotopic (exact) mass is 326 g/mol. The predicted molar refractivity (Wildman–Crippen MR) is 95.1 cm³/mol. The predicted octanol–water partition coefficient (Wildman–Crippen LogP) is 3.40. The molecule has 2 aromatic rings. The van der Waals surface area contributed by atoms with Crippen molar-refractivity contribution >= 4 is 10.9 Å². The molecule has 5 atom stereocenters. The molecule has 0 spiro atoms. The second-order valence-corrected chi connectivity index (χ2v) is 7.24. The molecule has 0 radical (unpaired) electrons. The third kappa shape index (κ3) is 2.58. The lowest BCUT2D eigenvalue weighted by atomic mass is 9.72. The zero-order valence-corrected chi connectivity index (χ0v) is 14.5. The van der Waals surface area contributed by atoms with E-state index in [0.29, 0.717) is 0 Å². The van der Waals surface area contributed by atoms with Crippen molar-refractivity contribution in [1.82, 2.24) is 9.88 Å². The van der Waals surface area contributed by atoms with Crippen molar-refractivity contribution < 1.29 is 9.84 Å². The summed E-state index contributed by atoms with van der Waals surface area (Å²) in [7, 11) is 1.67. The number of aromatic nitrogens is 1. The van der Waals surface area contributed by atoms with Crippen LogP contribution in [0.15, 0.2) is 30.5 Å². The molecule has 3 fully saturated rings. The normalized spacial score (nSPS) is 30.5. The first kappa shape index (κ1) is 15.9. The molecule has 128 valence electrons. The average molecular weight is 326 g/mol. The number of rotatable bonds is 4. The van der Waals surface area contributed by atoms with Crippen molar-refractivity contribution in [1.29, 1.82) is 0 Å². The Balaban J connectivity index is 1.68. The van der Waals surface area contributed by atoms with Gasteiger partial charge in [-0.2, -0.15) is 0 Å². The lowest BCUT2D eigenvalue weighted by Crippen LogP contribution is -2.55. The number of aliphatic hydroxyl groups is 1. The number of hydrogen-bond acceptors (Lipinski definition) is 4. The van der Waals surface area contributed by atoms with E-state index in [1.54, 1.807) is 13.3 Å². The smallest absolute Gasteiger partial charge is 0.119 e. The fourth-order valence-corrected chi connectivity index (χ4v) is 4.71. The lowest BCUT2D eigenvalue weighted by molar-refractivity contribution is -0.0562. The highest BCUT2D eigenvalue weighted by Crippen LogP contribution is 2.42. The van der Waals surface area contributed by atoms with Crippen LogP contribution in [-0.4, -0.2) is 41.2 Å². The van der Waals surface area contributed by atoms with Crippen molar-refractivity contribution in [3.05, 3.63) is 36.0 Å². The van der Waals surface area contributed by atoms with E-state index >= 15 is 0 Å². The quantitative estimate of drug-likeness (QED) is 0.935. The Morgan fingerprint density at radius 2 is 2.25 bits per heavy atom. The van der Waals surface area contributed by atoms with Crippen LogP contribution in [-0.2, 0) is 0 Å². The number of nitrogens with zero attached hydrogens (tertiary/aromatic N) is 2. The Bertz CT molecular complexity index is 733. The van der Waals surface area contributed by atoms with Gasteiger partial charge >= 0.3 is 0 Å². The van der Waals surface area contributed by atoms with Crippen LogP contribution >= 0.6 is 0 Å². The molecule has 0 saturated carbocycles. The number of aliphatic hydroxyl groups excluding tert-OH is 1.